The molecule has 2 atom stereocenters. The molecule has 1 aliphatic rings. The van der Waals surface area contributed by atoms with Crippen LogP contribution in [0, 0.1) is 12.8 Å². The molecule has 7 heteroatoms. The second-order valence-electron chi connectivity index (χ2n) is 6.53. The first-order valence-corrected chi connectivity index (χ1v) is 9.57. The maximum atomic E-state index is 13.1. The Morgan fingerprint density at radius 3 is 2.85 bits per heavy atom. The highest BCUT2D eigenvalue weighted by atomic mass is 35.5. The first-order chi connectivity index (χ1) is 12.9. The van der Waals surface area contributed by atoms with E-state index in [1.165, 1.54) is 15.9 Å². The van der Waals surface area contributed by atoms with Gasteiger partial charge in [-0.2, -0.15) is 0 Å². The highest BCUT2D eigenvalue weighted by Gasteiger charge is 2.36. The van der Waals surface area contributed by atoms with E-state index >= 15 is 0 Å². The topological polar surface area (TPSA) is 68.5 Å². The van der Waals surface area contributed by atoms with Crippen LogP contribution in [0.4, 0.5) is 0 Å². The van der Waals surface area contributed by atoms with Crippen molar-refractivity contribution in [2.45, 2.75) is 13.0 Å². The number of benzene rings is 1. The zero-order valence-electron chi connectivity index (χ0n) is 14.4. The van der Waals surface area contributed by atoms with Crippen molar-refractivity contribution < 1.29 is 19.4 Å². The number of aliphatic hydroxyl groups is 1. The van der Waals surface area contributed by atoms with E-state index in [0.717, 1.165) is 5.56 Å². The van der Waals surface area contributed by atoms with Gasteiger partial charge in [-0.25, -0.2) is 4.79 Å². The normalized spacial score (nSPS) is 18.1. The van der Waals surface area contributed by atoms with Crippen LogP contribution in [0.25, 0.3) is 10.9 Å². The molecule has 1 aromatic carbocycles. The van der Waals surface area contributed by atoms with Crippen molar-refractivity contribution in [2.24, 2.45) is 5.92 Å². The third kappa shape index (κ3) is 2.90. The monoisotopic (exact) mass is 401 g/mol. The molecule has 1 saturated heterocycles. The predicted octanol–water partition coefficient (Wildman–Crippen LogP) is 4.12. The Morgan fingerprint density at radius 2 is 2.22 bits per heavy atom. The third-order valence-electron chi connectivity index (χ3n) is 4.88. The summed E-state index contributed by atoms with van der Waals surface area (Å²) in [6.45, 7) is 5.66. The summed E-state index contributed by atoms with van der Waals surface area (Å²) in [5, 5.41) is 13.9. The number of esters is 1. The van der Waals surface area contributed by atoms with Crippen molar-refractivity contribution in [1.29, 1.82) is 0 Å². The van der Waals surface area contributed by atoms with E-state index in [4.69, 9.17) is 16.3 Å². The van der Waals surface area contributed by atoms with Crippen LogP contribution in [0.5, 0.6) is 0 Å². The molecule has 5 nitrogen and oxygen atoms in total. The number of aryl methyl sites for hydroxylation is 1. The Kier molecular flexibility index (Phi) is 4.42. The summed E-state index contributed by atoms with van der Waals surface area (Å²) in [7, 11) is 0. The standard InChI is InChI=1S/C20H16ClNO4S/c1-10-5-6-27-18(10)19(24)22-8-14(13-7-12(21)3-4-16(13)22)17(23)15-9-26-20(25)11(15)2/h3-8,15,17,23H,2,9H2,1H3. The van der Waals surface area contributed by atoms with E-state index in [1.54, 1.807) is 24.4 Å². The second-order valence-corrected chi connectivity index (χ2v) is 7.88. The number of hydrogen-bond donors (Lipinski definition) is 1. The lowest BCUT2D eigenvalue weighted by Gasteiger charge is -2.15. The largest absolute Gasteiger partial charge is 0.462 e. The number of aliphatic hydroxyl groups excluding tert-OH is 1. The summed E-state index contributed by atoms with van der Waals surface area (Å²) >= 11 is 7.52. The molecule has 3 heterocycles. The molecule has 138 valence electrons. The molecule has 0 saturated carbocycles. The smallest absolute Gasteiger partial charge is 0.333 e. The van der Waals surface area contributed by atoms with Gasteiger partial charge in [-0.3, -0.25) is 9.36 Å². The summed E-state index contributed by atoms with van der Waals surface area (Å²) in [4.78, 5) is 25.3. The minimum absolute atomic E-state index is 0.0596. The number of cyclic esters (lactones) is 1. The average molecular weight is 402 g/mol. The highest BCUT2D eigenvalue weighted by Crippen LogP contribution is 2.38. The van der Waals surface area contributed by atoms with Crippen molar-refractivity contribution in [3.05, 3.63) is 69.0 Å². The lowest BCUT2D eigenvalue weighted by Crippen LogP contribution is -2.15. The van der Waals surface area contributed by atoms with Crippen molar-refractivity contribution in [1.82, 2.24) is 4.57 Å². The first kappa shape index (κ1) is 18.0. The van der Waals surface area contributed by atoms with E-state index in [0.29, 0.717) is 26.4 Å². The lowest BCUT2D eigenvalue weighted by molar-refractivity contribution is -0.135. The number of nitrogens with zero attached hydrogens (tertiary/aromatic N) is 1. The third-order valence-corrected chi connectivity index (χ3v) is 6.12. The zero-order chi connectivity index (χ0) is 19.3. The molecule has 3 aromatic rings. The predicted molar refractivity (Wildman–Crippen MR) is 104 cm³/mol. The fourth-order valence-corrected chi connectivity index (χ4v) is 4.37. The molecule has 0 amide bonds. The van der Waals surface area contributed by atoms with E-state index in [2.05, 4.69) is 6.58 Å². The van der Waals surface area contributed by atoms with Gasteiger partial charge in [0.15, 0.2) is 0 Å². The van der Waals surface area contributed by atoms with Crippen LogP contribution < -0.4 is 0 Å². The van der Waals surface area contributed by atoms with Gasteiger partial charge in [-0.05, 0) is 42.1 Å². The van der Waals surface area contributed by atoms with Crippen LogP contribution in [0.1, 0.15) is 26.9 Å². The molecule has 2 aromatic heterocycles. The number of aromatic nitrogens is 1. The second kappa shape index (κ2) is 6.64. The van der Waals surface area contributed by atoms with Crippen LogP contribution in [-0.4, -0.2) is 28.2 Å². The lowest BCUT2D eigenvalue weighted by atomic mass is 9.92. The molecular weight excluding hydrogens is 386 g/mol. The number of fused-ring (bicyclic) bond motifs is 1. The Labute approximate surface area is 164 Å². The molecular formula is C20H16ClNO4S. The van der Waals surface area contributed by atoms with Gasteiger partial charge in [0.2, 0.25) is 0 Å². The van der Waals surface area contributed by atoms with Crippen LogP contribution in [0.3, 0.4) is 0 Å². The van der Waals surface area contributed by atoms with Crippen LogP contribution in [0.2, 0.25) is 5.02 Å². The van der Waals surface area contributed by atoms with Crippen molar-refractivity contribution in [3.63, 3.8) is 0 Å². The Hall–Kier alpha value is -2.41. The minimum Gasteiger partial charge on any atom is -0.462 e. The maximum absolute atomic E-state index is 13.1. The van der Waals surface area contributed by atoms with Gasteiger partial charge in [0, 0.05) is 27.7 Å². The van der Waals surface area contributed by atoms with E-state index in [9.17, 15) is 14.7 Å². The van der Waals surface area contributed by atoms with Crippen LogP contribution in [-0.2, 0) is 9.53 Å². The number of thiophene rings is 1. The number of rotatable bonds is 3. The average Bonchev–Trinajstić information content (AvgIpc) is 3.32. The summed E-state index contributed by atoms with van der Waals surface area (Å²) < 4.78 is 6.51. The number of hydrogen-bond acceptors (Lipinski definition) is 5. The molecule has 1 aliphatic heterocycles. The molecule has 27 heavy (non-hydrogen) atoms. The summed E-state index contributed by atoms with van der Waals surface area (Å²) in [5.41, 5.74) is 2.28. The first-order valence-electron chi connectivity index (χ1n) is 8.31. The van der Waals surface area contributed by atoms with Crippen molar-refractivity contribution in [3.8, 4) is 0 Å². The van der Waals surface area contributed by atoms with Crippen molar-refractivity contribution >= 4 is 45.7 Å². The number of carbonyl (C=O) groups is 2. The van der Waals surface area contributed by atoms with E-state index in [1.807, 2.05) is 18.4 Å². The number of halogens is 1. The van der Waals surface area contributed by atoms with Crippen LogP contribution >= 0.6 is 22.9 Å². The zero-order valence-corrected chi connectivity index (χ0v) is 16.0. The SMILES string of the molecule is C=C1C(=O)OCC1C(O)c1cn(C(=O)c2sccc2C)c2ccc(Cl)cc12. The Balaban J connectivity index is 1.85. The Morgan fingerprint density at radius 1 is 1.44 bits per heavy atom. The molecule has 1 fully saturated rings. The van der Waals surface area contributed by atoms with E-state index in [-0.39, 0.29) is 18.1 Å². The number of ether oxygens (including phenoxy) is 1. The maximum Gasteiger partial charge on any atom is 0.333 e. The molecule has 4 rings (SSSR count). The molecule has 0 bridgehead atoms. The molecule has 2 unspecified atom stereocenters. The quantitative estimate of drug-likeness (QED) is 0.529. The molecule has 0 spiro atoms. The fraction of sp³-hybridized carbons (Fsp3) is 0.200. The fourth-order valence-electron chi connectivity index (χ4n) is 3.34. The van der Waals surface area contributed by atoms with Gasteiger partial charge in [0.05, 0.1) is 22.4 Å². The minimum atomic E-state index is -1.04. The summed E-state index contributed by atoms with van der Waals surface area (Å²) in [5.74, 6) is -1.24. The highest BCUT2D eigenvalue weighted by molar-refractivity contribution is 7.12. The summed E-state index contributed by atoms with van der Waals surface area (Å²) in [6.07, 6.45) is 0.576. The van der Waals surface area contributed by atoms with Gasteiger partial charge in [-0.15, -0.1) is 11.3 Å². The van der Waals surface area contributed by atoms with Crippen LogP contribution in [0.15, 0.2) is 48.0 Å². The molecule has 0 radical (unpaired) electrons. The molecule has 0 aliphatic carbocycles. The van der Waals surface area contributed by atoms with Crippen molar-refractivity contribution in [2.75, 3.05) is 6.61 Å². The number of carbonyl (C=O) groups excluding carboxylic acids is 2. The van der Waals surface area contributed by atoms with Gasteiger partial charge in [-0.1, -0.05) is 18.2 Å². The summed E-state index contributed by atoms with van der Waals surface area (Å²) in [6, 6.07) is 7.05. The van der Waals surface area contributed by atoms with Gasteiger partial charge in [0.1, 0.15) is 6.61 Å². The molecule has 1 N–H and O–H groups in total. The van der Waals surface area contributed by atoms with Gasteiger partial charge < -0.3 is 9.84 Å². The van der Waals surface area contributed by atoms with Gasteiger partial charge >= 0.3 is 5.97 Å². The Bertz CT molecular complexity index is 1100. The van der Waals surface area contributed by atoms with Gasteiger partial charge in [0.25, 0.3) is 5.91 Å². The van der Waals surface area contributed by atoms with E-state index < -0.39 is 18.0 Å².